The number of hydrogen-bond donors (Lipinski definition) is 0. The van der Waals surface area contributed by atoms with Crippen LogP contribution in [0.15, 0.2) is 12.2 Å². The van der Waals surface area contributed by atoms with Gasteiger partial charge in [0.15, 0.2) is 5.78 Å². The molecule has 1 fully saturated rings. The summed E-state index contributed by atoms with van der Waals surface area (Å²) in [5.41, 5.74) is 0.353. The van der Waals surface area contributed by atoms with Gasteiger partial charge in [-0.1, -0.05) is 13.0 Å². The third-order valence-corrected chi connectivity index (χ3v) is 3.01. The Labute approximate surface area is 61.1 Å². The fourth-order valence-corrected chi connectivity index (χ4v) is 2.03. The van der Waals surface area contributed by atoms with Gasteiger partial charge in [-0.3, -0.25) is 4.79 Å². The highest BCUT2D eigenvalue weighted by Crippen LogP contribution is 2.51. The van der Waals surface area contributed by atoms with E-state index in [1.807, 2.05) is 0 Å². The third-order valence-electron chi connectivity index (χ3n) is 3.01. The summed E-state index contributed by atoms with van der Waals surface area (Å²) >= 11 is 0. The number of allylic oxidation sites excluding steroid dienone is 2. The van der Waals surface area contributed by atoms with Gasteiger partial charge in [0.05, 0.1) is 0 Å². The van der Waals surface area contributed by atoms with Gasteiger partial charge >= 0.3 is 0 Å². The summed E-state index contributed by atoms with van der Waals surface area (Å²) in [6.45, 7) is 2.22. The summed E-state index contributed by atoms with van der Waals surface area (Å²) in [5.74, 6) is 1.03. The lowest BCUT2D eigenvalue weighted by atomic mass is 9.57. The summed E-state index contributed by atoms with van der Waals surface area (Å²) < 4.78 is 0. The van der Waals surface area contributed by atoms with Crippen molar-refractivity contribution in [3.8, 4) is 0 Å². The smallest absolute Gasteiger partial charge is 0.155 e. The van der Waals surface area contributed by atoms with Crippen molar-refractivity contribution in [3.05, 3.63) is 12.2 Å². The molecule has 1 saturated carbocycles. The van der Waals surface area contributed by atoms with Crippen LogP contribution in [0.5, 0.6) is 0 Å². The molecule has 0 aromatic rings. The van der Waals surface area contributed by atoms with E-state index in [1.54, 1.807) is 6.08 Å². The van der Waals surface area contributed by atoms with Crippen LogP contribution in [0.1, 0.15) is 26.2 Å². The zero-order valence-corrected chi connectivity index (χ0v) is 6.26. The Hall–Kier alpha value is -0.590. The van der Waals surface area contributed by atoms with Crippen LogP contribution in [-0.2, 0) is 4.79 Å². The molecule has 0 N–H and O–H groups in total. The highest BCUT2D eigenvalue weighted by atomic mass is 16.1. The van der Waals surface area contributed by atoms with Crippen LogP contribution in [-0.4, -0.2) is 5.78 Å². The molecule has 0 amide bonds. The highest BCUT2D eigenvalue weighted by Gasteiger charge is 2.43. The first kappa shape index (κ1) is 6.14. The molecule has 0 radical (unpaired) electrons. The molecule has 54 valence electrons. The molecule has 0 heterocycles. The number of fused-ring (bicyclic) bond motifs is 1. The van der Waals surface area contributed by atoms with E-state index in [4.69, 9.17) is 0 Å². The first-order chi connectivity index (χ1) is 4.71. The molecule has 2 rings (SSSR count). The van der Waals surface area contributed by atoms with Crippen molar-refractivity contribution in [1.29, 1.82) is 0 Å². The highest BCUT2D eigenvalue weighted by molar-refractivity contribution is 5.91. The quantitative estimate of drug-likeness (QED) is 0.497. The minimum atomic E-state index is 0.318. The molecule has 2 aliphatic carbocycles. The average Bonchev–Trinajstić information content (AvgIpc) is 1.83. The van der Waals surface area contributed by atoms with Crippen molar-refractivity contribution in [2.45, 2.75) is 26.2 Å². The fraction of sp³-hybridized carbons (Fsp3) is 0.667. The number of carbonyl (C=O) groups excluding carboxylic acids is 1. The van der Waals surface area contributed by atoms with Gasteiger partial charge in [-0.2, -0.15) is 0 Å². The fourth-order valence-electron chi connectivity index (χ4n) is 2.03. The molecule has 0 aromatic carbocycles. The summed E-state index contributed by atoms with van der Waals surface area (Å²) in [4.78, 5) is 11.0. The van der Waals surface area contributed by atoms with Crippen LogP contribution in [0, 0.1) is 11.3 Å². The molecule has 10 heavy (non-hydrogen) atoms. The van der Waals surface area contributed by atoms with Crippen LogP contribution < -0.4 is 0 Å². The van der Waals surface area contributed by atoms with Gasteiger partial charge in [0.1, 0.15) is 0 Å². The van der Waals surface area contributed by atoms with Gasteiger partial charge in [-0.25, -0.2) is 0 Å². The SMILES string of the molecule is CC12CCC1C=CC(=O)C2. The van der Waals surface area contributed by atoms with E-state index in [2.05, 4.69) is 13.0 Å². The second kappa shape index (κ2) is 1.71. The summed E-state index contributed by atoms with van der Waals surface area (Å²) in [7, 11) is 0. The predicted molar refractivity (Wildman–Crippen MR) is 39.6 cm³/mol. The van der Waals surface area contributed by atoms with Gasteiger partial charge in [0.2, 0.25) is 0 Å². The third kappa shape index (κ3) is 0.664. The lowest BCUT2D eigenvalue weighted by Gasteiger charge is -2.47. The lowest BCUT2D eigenvalue weighted by Crippen LogP contribution is -2.40. The van der Waals surface area contributed by atoms with Crippen LogP contribution in [0.25, 0.3) is 0 Å². The second-order valence-electron chi connectivity index (χ2n) is 3.80. The first-order valence-corrected chi connectivity index (χ1v) is 3.92. The van der Waals surface area contributed by atoms with E-state index in [9.17, 15) is 4.79 Å². The molecule has 0 spiro atoms. The Morgan fingerprint density at radius 2 is 2.50 bits per heavy atom. The number of rotatable bonds is 0. The Bertz CT molecular complexity index is 205. The molecule has 1 nitrogen and oxygen atoms in total. The average molecular weight is 136 g/mol. The van der Waals surface area contributed by atoms with Crippen molar-refractivity contribution in [2.75, 3.05) is 0 Å². The topological polar surface area (TPSA) is 17.1 Å². The molecule has 2 atom stereocenters. The van der Waals surface area contributed by atoms with E-state index in [-0.39, 0.29) is 0 Å². The van der Waals surface area contributed by atoms with Gasteiger partial charge in [0, 0.05) is 6.42 Å². The number of ketones is 1. The lowest BCUT2D eigenvalue weighted by molar-refractivity contribution is -0.120. The summed E-state index contributed by atoms with van der Waals surface area (Å²) in [6.07, 6.45) is 7.17. The molecule has 0 aliphatic heterocycles. The van der Waals surface area contributed by atoms with Crippen LogP contribution >= 0.6 is 0 Å². The van der Waals surface area contributed by atoms with Crippen molar-refractivity contribution < 1.29 is 4.79 Å². The van der Waals surface area contributed by atoms with E-state index in [1.165, 1.54) is 12.8 Å². The summed E-state index contributed by atoms with van der Waals surface area (Å²) in [5, 5.41) is 0. The van der Waals surface area contributed by atoms with Gasteiger partial charge in [-0.05, 0) is 30.3 Å². The minimum Gasteiger partial charge on any atom is -0.295 e. The number of carbonyl (C=O) groups is 1. The van der Waals surface area contributed by atoms with Crippen LogP contribution in [0.3, 0.4) is 0 Å². The van der Waals surface area contributed by atoms with E-state index in [0.717, 1.165) is 6.42 Å². The van der Waals surface area contributed by atoms with Crippen LogP contribution in [0.2, 0.25) is 0 Å². The van der Waals surface area contributed by atoms with Crippen molar-refractivity contribution in [2.24, 2.45) is 11.3 Å². The molecule has 2 aliphatic rings. The minimum absolute atomic E-state index is 0.318. The zero-order chi connectivity index (χ0) is 7.19. The molecule has 0 aromatic heterocycles. The monoisotopic (exact) mass is 136 g/mol. The Balaban J connectivity index is 2.25. The van der Waals surface area contributed by atoms with Crippen molar-refractivity contribution in [3.63, 3.8) is 0 Å². The van der Waals surface area contributed by atoms with Gasteiger partial charge in [0.25, 0.3) is 0 Å². The van der Waals surface area contributed by atoms with Gasteiger partial charge in [-0.15, -0.1) is 0 Å². The summed E-state index contributed by atoms with van der Waals surface area (Å²) in [6, 6.07) is 0. The Morgan fingerprint density at radius 3 is 2.90 bits per heavy atom. The largest absolute Gasteiger partial charge is 0.295 e. The maximum absolute atomic E-state index is 11.0. The Morgan fingerprint density at radius 1 is 1.70 bits per heavy atom. The maximum atomic E-state index is 11.0. The molecule has 1 heteroatoms. The van der Waals surface area contributed by atoms with Crippen molar-refractivity contribution >= 4 is 5.78 Å². The van der Waals surface area contributed by atoms with E-state index in [0.29, 0.717) is 17.1 Å². The molecular formula is C9H12O. The first-order valence-electron chi connectivity index (χ1n) is 3.92. The maximum Gasteiger partial charge on any atom is 0.155 e. The second-order valence-corrected chi connectivity index (χ2v) is 3.80. The number of hydrogen-bond acceptors (Lipinski definition) is 1. The van der Waals surface area contributed by atoms with E-state index >= 15 is 0 Å². The van der Waals surface area contributed by atoms with Crippen molar-refractivity contribution in [1.82, 2.24) is 0 Å². The predicted octanol–water partition coefficient (Wildman–Crippen LogP) is 1.93. The molecule has 0 bridgehead atoms. The molecule has 2 unspecified atom stereocenters. The Kier molecular flexibility index (Phi) is 1.05. The molecular weight excluding hydrogens is 124 g/mol. The zero-order valence-electron chi connectivity index (χ0n) is 6.26. The van der Waals surface area contributed by atoms with E-state index < -0.39 is 0 Å². The molecule has 0 saturated heterocycles. The standard InChI is InChI=1S/C9H12O/c1-9-5-4-7(9)2-3-8(10)6-9/h2-3,7H,4-6H2,1H3. The normalized spacial score (nSPS) is 44.5. The van der Waals surface area contributed by atoms with Gasteiger partial charge < -0.3 is 0 Å². The van der Waals surface area contributed by atoms with Crippen LogP contribution in [0.4, 0.5) is 0 Å².